The van der Waals surface area contributed by atoms with Crippen LogP contribution in [0, 0.1) is 5.82 Å². The Morgan fingerprint density at radius 3 is 2.29 bits per heavy atom. The SMILES string of the molecule is CS(=O)(=O)c1ccc(C2=C(c3ccc(Cl)c(F)c3)C(=O)OC2)cc1. The number of carbonyl (C=O) groups is 1. The van der Waals surface area contributed by atoms with Crippen molar-refractivity contribution in [3.63, 3.8) is 0 Å². The largest absolute Gasteiger partial charge is 0.457 e. The molecule has 1 aliphatic heterocycles. The third kappa shape index (κ3) is 3.07. The molecule has 0 N–H and O–H groups in total. The number of carbonyl (C=O) groups excluding carboxylic acids is 1. The maximum atomic E-state index is 13.7. The number of benzene rings is 2. The van der Waals surface area contributed by atoms with Crippen LogP contribution in [-0.2, 0) is 19.4 Å². The molecule has 4 nitrogen and oxygen atoms in total. The summed E-state index contributed by atoms with van der Waals surface area (Å²) < 4.78 is 41.8. The summed E-state index contributed by atoms with van der Waals surface area (Å²) in [7, 11) is -3.31. The third-order valence-electron chi connectivity index (χ3n) is 3.69. The van der Waals surface area contributed by atoms with Crippen molar-refractivity contribution >= 4 is 38.6 Å². The lowest BCUT2D eigenvalue weighted by atomic mass is 9.97. The van der Waals surface area contributed by atoms with Crippen LogP contribution >= 0.6 is 11.6 Å². The number of rotatable bonds is 3. The quantitative estimate of drug-likeness (QED) is 0.781. The van der Waals surface area contributed by atoms with E-state index in [-0.39, 0.29) is 22.1 Å². The molecule has 0 fully saturated rings. The third-order valence-corrected chi connectivity index (χ3v) is 5.13. The van der Waals surface area contributed by atoms with E-state index in [0.717, 1.165) is 6.26 Å². The van der Waals surface area contributed by atoms with Crippen LogP contribution in [0.2, 0.25) is 5.02 Å². The van der Waals surface area contributed by atoms with Gasteiger partial charge < -0.3 is 4.74 Å². The predicted molar refractivity (Wildman–Crippen MR) is 88.7 cm³/mol. The molecule has 24 heavy (non-hydrogen) atoms. The molecule has 0 aromatic heterocycles. The van der Waals surface area contributed by atoms with Crippen LogP contribution in [0.1, 0.15) is 11.1 Å². The molecule has 0 aliphatic carbocycles. The Bertz CT molecular complexity index is 963. The molecule has 0 amide bonds. The van der Waals surface area contributed by atoms with Gasteiger partial charge in [0.2, 0.25) is 0 Å². The molecule has 0 spiro atoms. The van der Waals surface area contributed by atoms with Crippen molar-refractivity contribution < 1.29 is 22.3 Å². The van der Waals surface area contributed by atoms with Crippen molar-refractivity contribution in [2.24, 2.45) is 0 Å². The van der Waals surface area contributed by atoms with E-state index < -0.39 is 21.6 Å². The summed E-state index contributed by atoms with van der Waals surface area (Å²) >= 11 is 5.67. The Kier molecular flexibility index (Phi) is 4.19. The normalized spacial score (nSPS) is 14.9. The molecule has 3 rings (SSSR count). The summed E-state index contributed by atoms with van der Waals surface area (Å²) in [5, 5.41) is -0.0373. The average Bonchev–Trinajstić information content (AvgIpc) is 2.91. The zero-order chi connectivity index (χ0) is 17.5. The van der Waals surface area contributed by atoms with E-state index >= 15 is 0 Å². The van der Waals surface area contributed by atoms with Gasteiger partial charge in [-0.2, -0.15) is 0 Å². The molecule has 0 atom stereocenters. The Balaban J connectivity index is 2.11. The Morgan fingerprint density at radius 2 is 1.71 bits per heavy atom. The molecule has 0 saturated heterocycles. The highest BCUT2D eigenvalue weighted by Crippen LogP contribution is 2.34. The van der Waals surface area contributed by atoms with E-state index in [1.54, 1.807) is 12.1 Å². The lowest BCUT2D eigenvalue weighted by molar-refractivity contribution is -0.133. The number of sulfone groups is 1. The number of hydrogen-bond donors (Lipinski definition) is 0. The summed E-state index contributed by atoms with van der Waals surface area (Å²) in [6.07, 6.45) is 1.12. The standard InChI is InChI=1S/C17H12ClFO4S/c1-24(21,22)12-5-2-10(3-6-12)13-9-23-17(20)16(13)11-4-7-14(18)15(19)8-11/h2-8H,9H2,1H3. The van der Waals surface area contributed by atoms with Crippen LogP contribution in [-0.4, -0.2) is 27.2 Å². The molecular weight excluding hydrogens is 355 g/mol. The first-order valence-electron chi connectivity index (χ1n) is 6.93. The fourth-order valence-electron chi connectivity index (χ4n) is 2.48. The van der Waals surface area contributed by atoms with E-state index in [1.165, 1.54) is 30.3 Å². The van der Waals surface area contributed by atoms with Crippen molar-refractivity contribution in [1.29, 1.82) is 0 Å². The van der Waals surface area contributed by atoms with Crippen LogP contribution in [0.15, 0.2) is 47.4 Å². The van der Waals surface area contributed by atoms with Gasteiger partial charge in [0.1, 0.15) is 12.4 Å². The molecule has 7 heteroatoms. The molecule has 0 saturated carbocycles. The number of ether oxygens (including phenoxy) is 1. The zero-order valence-corrected chi connectivity index (χ0v) is 14.1. The average molecular weight is 367 g/mol. The molecule has 0 unspecified atom stereocenters. The van der Waals surface area contributed by atoms with Gasteiger partial charge in [0.25, 0.3) is 0 Å². The smallest absolute Gasteiger partial charge is 0.339 e. The second-order valence-electron chi connectivity index (χ2n) is 5.36. The van der Waals surface area contributed by atoms with Crippen molar-refractivity contribution in [2.45, 2.75) is 4.90 Å². The van der Waals surface area contributed by atoms with Gasteiger partial charge >= 0.3 is 5.97 Å². The summed E-state index contributed by atoms with van der Waals surface area (Å²) in [6.45, 7) is 0.0383. The van der Waals surface area contributed by atoms with Crippen molar-refractivity contribution in [3.05, 3.63) is 64.4 Å². The van der Waals surface area contributed by atoms with Gasteiger partial charge in [0.15, 0.2) is 9.84 Å². The minimum atomic E-state index is -3.31. The van der Waals surface area contributed by atoms with Crippen LogP contribution in [0.4, 0.5) is 4.39 Å². The van der Waals surface area contributed by atoms with Crippen molar-refractivity contribution in [3.8, 4) is 0 Å². The van der Waals surface area contributed by atoms with Gasteiger partial charge in [-0.1, -0.05) is 29.8 Å². The Labute approximate surface area is 143 Å². The first-order chi connectivity index (χ1) is 11.3. The molecule has 0 bridgehead atoms. The van der Waals surface area contributed by atoms with E-state index in [4.69, 9.17) is 16.3 Å². The predicted octanol–water partition coefficient (Wildman–Crippen LogP) is 3.35. The van der Waals surface area contributed by atoms with E-state index in [9.17, 15) is 17.6 Å². The van der Waals surface area contributed by atoms with Crippen LogP contribution in [0.5, 0.6) is 0 Å². The molecule has 1 aliphatic rings. The second kappa shape index (κ2) is 6.03. The maximum Gasteiger partial charge on any atom is 0.339 e. The molecular formula is C17H12ClFO4S. The van der Waals surface area contributed by atoms with Gasteiger partial charge in [0, 0.05) is 11.8 Å². The number of esters is 1. The fraction of sp³-hybridized carbons (Fsp3) is 0.118. The molecule has 1 heterocycles. The minimum Gasteiger partial charge on any atom is -0.457 e. The highest BCUT2D eigenvalue weighted by Gasteiger charge is 2.27. The highest BCUT2D eigenvalue weighted by molar-refractivity contribution is 7.90. The highest BCUT2D eigenvalue weighted by atomic mass is 35.5. The maximum absolute atomic E-state index is 13.7. The van der Waals surface area contributed by atoms with Crippen molar-refractivity contribution in [2.75, 3.05) is 12.9 Å². The minimum absolute atomic E-state index is 0.0373. The number of cyclic esters (lactones) is 1. The monoisotopic (exact) mass is 366 g/mol. The lowest BCUT2D eigenvalue weighted by Crippen LogP contribution is -1.99. The zero-order valence-electron chi connectivity index (χ0n) is 12.5. The number of hydrogen-bond acceptors (Lipinski definition) is 4. The number of halogens is 2. The first-order valence-corrected chi connectivity index (χ1v) is 9.20. The second-order valence-corrected chi connectivity index (χ2v) is 7.78. The van der Waals surface area contributed by atoms with Crippen LogP contribution < -0.4 is 0 Å². The molecule has 124 valence electrons. The summed E-state index contributed by atoms with van der Waals surface area (Å²) in [5.41, 5.74) is 1.82. The molecule has 0 radical (unpaired) electrons. The molecule has 2 aromatic rings. The lowest BCUT2D eigenvalue weighted by Gasteiger charge is -2.06. The van der Waals surface area contributed by atoms with Crippen LogP contribution in [0.25, 0.3) is 11.1 Å². The fourth-order valence-corrected chi connectivity index (χ4v) is 3.23. The Morgan fingerprint density at radius 1 is 1.08 bits per heavy atom. The summed E-state index contributed by atoms with van der Waals surface area (Å²) in [4.78, 5) is 12.2. The summed E-state index contributed by atoms with van der Waals surface area (Å²) in [6, 6.07) is 10.2. The topological polar surface area (TPSA) is 60.4 Å². The van der Waals surface area contributed by atoms with E-state index in [1.807, 2.05) is 0 Å². The van der Waals surface area contributed by atoms with Gasteiger partial charge in [-0.15, -0.1) is 0 Å². The van der Waals surface area contributed by atoms with Gasteiger partial charge in [-0.25, -0.2) is 17.6 Å². The van der Waals surface area contributed by atoms with Crippen molar-refractivity contribution in [1.82, 2.24) is 0 Å². The van der Waals surface area contributed by atoms with Gasteiger partial charge in [0.05, 0.1) is 15.5 Å². The first kappa shape index (κ1) is 16.7. The van der Waals surface area contributed by atoms with E-state index in [2.05, 4.69) is 0 Å². The van der Waals surface area contributed by atoms with Crippen LogP contribution in [0.3, 0.4) is 0 Å². The van der Waals surface area contributed by atoms with Gasteiger partial charge in [-0.3, -0.25) is 0 Å². The molecule has 2 aromatic carbocycles. The summed E-state index contributed by atoms with van der Waals surface area (Å²) in [5.74, 6) is -1.19. The Hall–Kier alpha value is -2.18. The van der Waals surface area contributed by atoms with Gasteiger partial charge in [-0.05, 0) is 35.4 Å². The van der Waals surface area contributed by atoms with E-state index in [0.29, 0.717) is 16.7 Å².